The van der Waals surface area contributed by atoms with E-state index in [9.17, 15) is 4.79 Å². The van der Waals surface area contributed by atoms with Gasteiger partial charge in [0.15, 0.2) is 0 Å². The fraction of sp³-hybridized carbons (Fsp3) is 0.500. The van der Waals surface area contributed by atoms with Gasteiger partial charge >= 0.3 is 0 Å². The minimum absolute atomic E-state index is 0.0666. The van der Waals surface area contributed by atoms with Crippen LogP contribution in [-0.2, 0) is 4.74 Å². The van der Waals surface area contributed by atoms with Gasteiger partial charge in [-0.15, -0.1) is 0 Å². The third kappa shape index (κ3) is 2.60. The number of pyridine rings is 1. The molecular formula is C12H18N4O2. The molecule has 0 saturated heterocycles. The molecule has 1 heterocycles. The molecule has 1 amide bonds. The zero-order valence-corrected chi connectivity index (χ0v) is 10.3. The molecule has 6 heteroatoms. The number of carbonyl (C=O) groups is 1. The highest BCUT2D eigenvalue weighted by Gasteiger charge is 2.39. The summed E-state index contributed by atoms with van der Waals surface area (Å²) >= 11 is 0. The number of rotatable bonds is 5. The molecule has 2 rings (SSSR count). The summed E-state index contributed by atoms with van der Waals surface area (Å²) in [5.74, 6) is 0.187. The van der Waals surface area contributed by atoms with Crippen LogP contribution in [0.25, 0.3) is 0 Å². The van der Waals surface area contributed by atoms with Gasteiger partial charge in [0.2, 0.25) is 5.91 Å². The molecule has 1 aromatic heterocycles. The van der Waals surface area contributed by atoms with Crippen molar-refractivity contribution in [3.8, 4) is 0 Å². The zero-order valence-electron chi connectivity index (χ0n) is 10.3. The van der Waals surface area contributed by atoms with Crippen LogP contribution in [0.15, 0.2) is 18.3 Å². The quantitative estimate of drug-likeness (QED) is 0.687. The van der Waals surface area contributed by atoms with Crippen molar-refractivity contribution in [3.05, 3.63) is 23.9 Å². The van der Waals surface area contributed by atoms with Crippen LogP contribution in [0, 0.1) is 0 Å². The van der Waals surface area contributed by atoms with Gasteiger partial charge in [-0.25, -0.2) is 4.98 Å². The average Bonchev–Trinajstić information content (AvgIpc) is 2.36. The molecular weight excluding hydrogens is 232 g/mol. The molecule has 0 aromatic carbocycles. The maximum Gasteiger partial charge on any atom is 0.250 e. The molecule has 0 radical (unpaired) electrons. The van der Waals surface area contributed by atoms with Crippen molar-refractivity contribution in [3.63, 3.8) is 0 Å². The number of ether oxygens (including phenoxy) is 1. The minimum Gasteiger partial charge on any atom is -0.376 e. The van der Waals surface area contributed by atoms with Gasteiger partial charge in [0.1, 0.15) is 5.82 Å². The van der Waals surface area contributed by atoms with Crippen LogP contribution in [-0.4, -0.2) is 35.7 Å². The molecule has 1 saturated carbocycles. The fourth-order valence-corrected chi connectivity index (χ4v) is 2.02. The summed E-state index contributed by atoms with van der Waals surface area (Å²) in [5.41, 5.74) is 11.5. The molecule has 1 aromatic rings. The predicted molar refractivity (Wildman–Crippen MR) is 68.2 cm³/mol. The van der Waals surface area contributed by atoms with Crippen LogP contribution in [0.3, 0.4) is 0 Å². The minimum atomic E-state index is -0.485. The molecule has 6 nitrogen and oxygen atoms in total. The van der Waals surface area contributed by atoms with E-state index in [0.29, 0.717) is 18.0 Å². The molecule has 98 valence electrons. The number of aromatic nitrogens is 1. The number of anilines is 1. The first-order chi connectivity index (χ1) is 8.61. The number of primary amides is 1. The molecule has 3 atom stereocenters. The van der Waals surface area contributed by atoms with Crippen molar-refractivity contribution in [2.45, 2.75) is 31.5 Å². The standard InChI is InChI=1S/C12H18N4O2/c1-2-18-9-5-8(13)11(9)16-10-4-3-7(6-15-10)12(14)17/h3-4,6,8-9,11H,2,5,13H2,1H3,(H2,14,17)(H,15,16). The van der Waals surface area contributed by atoms with E-state index in [1.54, 1.807) is 12.1 Å². The van der Waals surface area contributed by atoms with Gasteiger partial charge in [-0.3, -0.25) is 4.79 Å². The highest BCUT2D eigenvalue weighted by Crippen LogP contribution is 2.25. The third-order valence-corrected chi connectivity index (χ3v) is 3.11. The van der Waals surface area contributed by atoms with Crippen molar-refractivity contribution in [2.75, 3.05) is 11.9 Å². The number of hydrogen-bond donors (Lipinski definition) is 3. The van der Waals surface area contributed by atoms with Crippen LogP contribution in [0.5, 0.6) is 0 Å². The Hall–Kier alpha value is -1.66. The Balaban J connectivity index is 1.98. The van der Waals surface area contributed by atoms with E-state index in [1.165, 1.54) is 6.20 Å². The number of amides is 1. The molecule has 3 unspecified atom stereocenters. The second-order valence-electron chi connectivity index (χ2n) is 4.36. The van der Waals surface area contributed by atoms with E-state index in [-0.39, 0.29) is 18.2 Å². The van der Waals surface area contributed by atoms with E-state index < -0.39 is 5.91 Å². The van der Waals surface area contributed by atoms with E-state index in [1.807, 2.05) is 6.92 Å². The van der Waals surface area contributed by atoms with Gasteiger partial charge in [0.25, 0.3) is 0 Å². The number of nitrogens with one attached hydrogen (secondary N) is 1. The van der Waals surface area contributed by atoms with Gasteiger partial charge in [0, 0.05) is 18.8 Å². The predicted octanol–water partition coefficient (Wildman–Crippen LogP) is 0.0971. The molecule has 1 fully saturated rings. The highest BCUT2D eigenvalue weighted by atomic mass is 16.5. The number of hydrogen-bond acceptors (Lipinski definition) is 5. The average molecular weight is 250 g/mol. The normalized spacial score (nSPS) is 26.4. The first kappa shape index (κ1) is 12.8. The number of carbonyl (C=O) groups excluding carboxylic acids is 1. The van der Waals surface area contributed by atoms with Crippen molar-refractivity contribution in [2.24, 2.45) is 11.5 Å². The first-order valence-electron chi connectivity index (χ1n) is 6.01. The van der Waals surface area contributed by atoms with Crippen molar-refractivity contribution in [1.82, 2.24) is 4.98 Å². The van der Waals surface area contributed by atoms with E-state index in [4.69, 9.17) is 16.2 Å². The maximum absolute atomic E-state index is 10.9. The van der Waals surface area contributed by atoms with Gasteiger partial charge in [-0.05, 0) is 25.5 Å². The van der Waals surface area contributed by atoms with E-state index in [0.717, 1.165) is 6.42 Å². The monoisotopic (exact) mass is 250 g/mol. The first-order valence-corrected chi connectivity index (χ1v) is 6.01. The molecule has 5 N–H and O–H groups in total. The summed E-state index contributed by atoms with van der Waals surface area (Å²) in [6.45, 7) is 2.63. The van der Waals surface area contributed by atoms with E-state index >= 15 is 0 Å². The van der Waals surface area contributed by atoms with E-state index in [2.05, 4.69) is 10.3 Å². The van der Waals surface area contributed by atoms with Gasteiger partial charge in [0.05, 0.1) is 17.7 Å². The Morgan fingerprint density at radius 3 is 2.89 bits per heavy atom. The highest BCUT2D eigenvalue weighted by molar-refractivity contribution is 5.92. The molecule has 1 aliphatic rings. The zero-order chi connectivity index (χ0) is 13.1. The molecule has 0 bridgehead atoms. The second kappa shape index (κ2) is 5.32. The lowest BCUT2D eigenvalue weighted by molar-refractivity contribution is -0.0127. The topological polar surface area (TPSA) is 103 Å². The molecule has 18 heavy (non-hydrogen) atoms. The van der Waals surface area contributed by atoms with Crippen LogP contribution in [0.1, 0.15) is 23.7 Å². The Kier molecular flexibility index (Phi) is 3.78. The van der Waals surface area contributed by atoms with Crippen molar-refractivity contribution in [1.29, 1.82) is 0 Å². The van der Waals surface area contributed by atoms with Gasteiger partial charge in [-0.1, -0.05) is 0 Å². The Morgan fingerprint density at radius 2 is 2.39 bits per heavy atom. The van der Waals surface area contributed by atoms with Crippen LogP contribution in [0.2, 0.25) is 0 Å². The lowest BCUT2D eigenvalue weighted by Crippen LogP contribution is -2.60. The summed E-state index contributed by atoms with van der Waals surface area (Å²) in [6.07, 6.45) is 2.43. The second-order valence-corrected chi connectivity index (χ2v) is 4.36. The summed E-state index contributed by atoms with van der Waals surface area (Å²) in [7, 11) is 0. The van der Waals surface area contributed by atoms with Gasteiger partial charge < -0.3 is 21.5 Å². The maximum atomic E-state index is 10.9. The summed E-state index contributed by atoms with van der Waals surface area (Å²) < 4.78 is 5.55. The van der Waals surface area contributed by atoms with Gasteiger partial charge in [-0.2, -0.15) is 0 Å². The SMILES string of the molecule is CCOC1CC(N)C1Nc1ccc(C(N)=O)cn1. The summed E-state index contributed by atoms with van der Waals surface area (Å²) in [5, 5.41) is 3.22. The Morgan fingerprint density at radius 1 is 1.61 bits per heavy atom. The molecule has 1 aliphatic carbocycles. The lowest BCUT2D eigenvalue weighted by atomic mass is 9.83. The Bertz CT molecular complexity index is 419. The van der Waals surface area contributed by atoms with Crippen LogP contribution >= 0.6 is 0 Å². The van der Waals surface area contributed by atoms with Crippen LogP contribution in [0.4, 0.5) is 5.82 Å². The van der Waals surface area contributed by atoms with Crippen LogP contribution < -0.4 is 16.8 Å². The molecule has 0 spiro atoms. The largest absolute Gasteiger partial charge is 0.376 e. The Labute approximate surface area is 106 Å². The molecule has 0 aliphatic heterocycles. The fourth-order valence-electron chi connectivity index (χ4n) is 2.02. The van der Waals surface area contributed by atoms with Crippen molar-refractivity contribution >= 4 is 11.7 Å². The van der Waals surface area contributed by atoms with Crippen molar-refractivity contribution < 1.29 is 9.53 Å². The number of nitrogens with zero attached hydrogens (tertiary/aromatic N) is 1. The number of nitrogens with two attached hydrogens (primary N) is 2. The lowest BCUT2D eigenvalue weighted by Gasteiger charge is -2.42. The summed E-state index contributed by atoms with van der Waals surface area (Å²) in [6, 6.07) is 3.49. The third-order valence-electron chi connectivity index (χ3n) is 3.11. The smallest absolute Gasteiger partial charge is 0.250 e. The summed E-state index contributed by atoms with van der Waals surface area (Å²) in [4.78, 5) is 15.0.